The molecule has 3 aliphatic rings. The van der Waals surface area contributed by atoms with Crippen LogP contribution in [-0.4, -0.2) is 78.0 Å². The third-order valence-corrected chi connectivity index (χ3v) is 8.22. The van der Waals surface area contributed by atoms with E-state index >= 15 is 0 Å². The molecule has 2 aromatic rings. The Hall–Kier alpha value is -2.91. The topological polar surface area (TPSA) is 68.8 Å². The van der Waals surface area contributed by atoms with Crippen molar-refractivity contribution in [1.29, 1.82) is 0 Å². The number of benzene rings is 1. The van der Waals surface area contributed by atoms with Crippen LogP contribution in [0.4, 0.5) is 14.5 Å². The lowest BCUT2D eigenvalue weighted by Gasteiger charge is -2.41. The summed E-state index contributed by atoms with van der Waals surface area (Å²) >= 11 is 0. The van der Waals surface area contributed by atoms with E-state index in [0.29, 0.717) is 31.6 Å². The second kappa shape index (κ2) is 10.2. The molecule has 2 amide bonds. The number of amides is 2. The van der Waals surface area contributed by atoms with Crippen molar-refractivity contribution in [3.63, 3.8) is 0 Å². The summed E-state index contributed by atoms with van der Waals surface area (Å²) in [6.45, 7) is 14.0. The van der Waals surface area contributed by atoms with Crippen LogP contribution in [0.15, 0.2) is 30.5 Å². The van der Waals surface area contributed by atoms with Crippen LogP contribution in [0.25, 0.3) is 0 Å². The summed E-state index contributed by atoms with van der Waals surface area (Å²) in [5, 5.41) is 3.51. The molecule has 1 aromatic heterocycles. The largest absolute Gasteiger partial charge is 0.341 e. The number of nitrogens with zero attached hydrogens (tertiary/aromatic N) is 4. The molecule has 1 aromatic carbocycles. The van der Waals surface area contributed by atoms with Gasteiger partial charge in [-0.15, -0.1) is 0 Å². The van der Waals surface area contributed by atoms with Gasteiger partial charge in [-0.25, -0.2) is 8.78 Å². The third-order valence-electron chi connectivity index (χ3n) is 8.22. The first-order chi connectivity index (χ1) is 18.3. The van der Waals surface area contributed by atoms with Crippen LogP contribution in [0.2, 0.25) is 0 Å². The molecule has 2 atom stereocenters. The highest BCUT2D eigenvalue weighted by Gasteiger charge is 2.42. The normalized spacial score (nSPS) is 24.3. The van der Waals surface area contributed by atoms with Crippen molar-refractivity contribution < 1.29 is 18.4 Å². The minimum absolute atomic E-state index is 0.0130. The van der Waals surface area contributed by atoms with Crippen molar-refractivity contribution in [2.24, 2.45) is 5.41 Å². The number of aromatic nitrogens is 1. The van der Waals surface area contributed by atoms with Crippen LogP contribution in [0, 0.1) is 17.0 Å². The van der Waals surface area contributed by atoms with E-state index in [0.717, 1.165) is 36.1 Å². The van der Waals surface area contributed by atoms with Crippen molar-refractivity contribution in [2.75, 3.05) is 44.2 Å². The van der Waals surface area contributed by atoms with Gasteiger partial charge in [-0.2, -0.15) is 0 Å². The SMILES string of the molecule is CC1CN(CC(=O)N2CC(C)(C)c3ncc(Cc4ccc(F)cc4F)cc32)[C@@H](CN2CC(C)(C)CC2=O)CN1. The first-order valence-electron chi connectivity index (χ1n) is 13.8. The highest BCUT2D eigenvalue weighted by atomic mass is 19.1. The van der Waals surface area contributed by atoms with Gasteiger partial charge in [0.05, 0.1) is 17.9 Å². The molecule has 210 valence electrons. The van der Waals surface area contributed by atoms with Gasteiger partial charge in [-0.05, 0) is 35.6 Å². The highest BCUT2D eigenvalue weighted by molar-refractivity contribution is 5.97. The fraction of sp³-hybridized carbons (Fsp3) is 0.567. The van der Waals surface area contributed by atoms with Gasteiger partial charge in [-0.1, -0.05) is 33.8 Å². The number of hydrogen-bond donors (Lipinski definition) is 1. The number of piperazine rings is 1. The molecule has 39 heavy (non-hydrogen) atoms. The Kier molecular flexibility index (Phi) is 7.26. The molecule has 0 bridgehead atoms. The quantitative estimate of drug-likeness (QED) is 0.609. The van der Waals surface area contributed by atoms with E-state index in [1.54, 1.807) is 11.1 Å². The zero-order chi connectivity index (χ0) is 28.1. The zero-order valence-electron chi connectivity index (χ0n) is 23.6. The number of carbonyl (C=O) groups is 2. The van der Waals surface area contributed by atoms with Crippen LogP contribution in [0.3, 0.4) is 0 Å². The second-order valence-corrected chi connectivity index (χ2v) is 13.0. The molecule has 9 heteroatoms. The Morgan fingerprint density at radius 1 is 1.15 bits per heavy atom. The summed E-state index contributed by atoms with van der Waals surface area (Å²) < 4.78 is 27.7. The molecule has 0 aliphatic carbocycles. The van der Waals surface area contributed by atoms with E-state index in [4.69, 9.17) is 4.98 Å². The second-order valence-electron chi connectivity index (χ2n) is 13.0. The number of nitrogens with one attached hydrogen (secondary N) is 1. The van der Waals surface area contributed by atoms with E-state index in [1.165, 1.54) is 12.1 Å². The maximum Gasteiger partial charge on any atom is 0.241 e. The lowest BCUT2D eigenvalue weighted by molar-refractivity contribution is -0.128. The first-order valence-corrected chi connectivity index (χ1v) is 13.8. The lowest BCUT2D eigenvalue weighted by atomic mass is 9.91. The third kappa shape index (κ3) is 5.84. The van der Waals surface area contributed by atoms with Gasteiger partial charge >= 0.3 is 0 Å². The molecule has 1 unspecified atom stereocenters. The molecule has 4 heterocycles. The van der Waals surface area contributed by atoms with Gasteiger partial charge in [0.1, 0.15) is 11.6 Å². The Morgan fingerprint density at radius 2 is 1.92 bits per heavy atom. The minimum Gasteiger partial charge on any atom is -0.341 e. The van der Waals surface area contributed by atoms with Crippen LogP contribution in [0.5, 0.6) is 0 Å². The highest BCUT2D eigenvalue weighted by Crippen LogP contribution is 2.40. The van der Waals surface area contributed by atoms with E-state index in [2.05, 4.69) is 44.8 Å². The van der Waals surface area contributed by atoms with Crippen molar-refractivity contribution in [3.05, 3.63) is 58.9 Å². The van der Waals surface area contributed by atoms with Gasteiger partial charge in [0, 0.05) is 75.3 Å². The maximum atomic E-state index is 14.3. The number of pyridine rings is 1. The molecule has 7 nitrogen and oxygen atoms in total. The molecule has 0 radical (unpaired) electrons. The summed E-state index contributed by atoms with van der Waals surface area (Å²) in [5.41, 5.74) is 2.38. The molecule has 5 rings (SSSR count). The lowest BCUT2D eigenvalue weighted by Crippen LogP contribution is -2.61. The van der Waals surface area contributed by atoms with Crippen molar-refractivity contribution in [2.45, 2.75) is 65.0 Å². The number of hydrogen-bond acceptors (Lipinski definition) is 5. The summed E-state index contributed by atoms with van der Waals surface area (Å²) in [7, 11) is 0. The number of carbonyl (C=O) groups excluding carboxylic acids is 2. The molecule has 0 spiro atoms. The van der Waals surface area contributed by atoms with Gasteiger partial charge in [0.15, 0.2) is 0 Å². The van der Waals surface area contributed by atoms with Crippen LogP contribution in [-0.2, 0) is 21.4 Å². The zero-order valence-corrected chi connectivity index (χ0v) is 23.6. The Bertz CT molecular complexity index is 1280. The predicted octanol–water partition coefficient (Wildman–Crippen LogP) is 3.50. The van der Waals surface area contributed by atoms with Gasteiger partial charge < -0.3 is 15.1 Å². The number of rotatable bonds is 6. The summed E-state index contributed by atoms with van der Waals surface area (Å²) in [5.74, 6) is -1.04. The van der Waals surface area contributed by atoms with E-state index in [1.807, 2.05) is 11.0 Å². The summed E-state index contributed by atoms with van der Waals surface area (Å²) in [6.07, 6.45) is 2.53. The Morgan fingerprint density at radius 3 is 2.62 bits per heavy atom. The average Bonchev–Trinajstić information content (AvgIpc) is 3.27. The van der Waals surface area contributed by atoms with E-state index < -0.39 is 11.6 Å². The minimum atomic E-state index is -0.611. The number of likely N-dealkylation sites (tertiary alicyclic amines) is 1. The molecule has 0 saturated carbocycles. The van der Waals surface area contributed by atoms with Crippen molar-refractivity contribution in [1.82, 2.24) is 20.1 Å². The van der Waals surface area contributed by atoms with Crippen LogP contribution < -0.4 is 10.2 Å². The number of halogens is 2. The van der Waals surface area contributed by atoms with Crippen LogP contribution >= 0.6 is 0 Å². The van der Waals surface area contributed by atoms with E-state index in [-0.39, 0.29) is 47.7 Å². The van der Waals surface area contributed by atoms with Crippen LogP contribution in [0.1, 0.15) is 57.9 Å². The summed E-state index contributed by atoms with van der Waals surface area (Å²) in [6, 6.07) is 5.78. The van der Waals surface area contributed by atoms with Crippen molar-refractivity contribution >= 4 is 17.5 Å². The molecular weight excluding hydrogens is 500 g/mol. The summed E-state index contributed by atoms with van der Waals surface area (Å²) in [4.78, 5) is 37.1. The number of fused-ring (bicyclic) bond motifs is 1. The first kappa shape index (κ1) is 27.6. The van der Waals surface area contributed by atoms with Crippen molar-refractivity contribution in [3.8, 4) is 0 Å². The van der Waals surface area contributed by atoms with Gasteiger partial charge in [0.2, 0.25) is 11.8 Å². The molecular formula is C30H39F2N5O2. The molecule has 2 fully saturated rings. The molecule has 3 aliphatic heterocycles. The number of anilines is 1. The maximum absolute atomic E-state index is 14.3. The smallest absolute Gasteiger partial charge is 0.241 e. The van der Waals surface area contributed by atoms with Gasteiger partial charge in [0.25, 0.3) is 0 Å². The monoisotopic (exact) mass is 539 g/mol. The fourth-order valence-corrected chi connectivity index (χ4v) is 6.25. The predicted molar refractivity (Wildman–Crippen MR) is 147 cm³/mol. The standard InChI is InChI=1S/C30H39F2N5O2/c1-19-14-35(23(13-33-19)15-36-17-29(2,3)11-26(36)38)16-27(39)37-18-30(4,5)28-25(37)9-20(12-34-28)8-21-6-7-22(31)10-24(21)32/h6-7,9-10,12,19,23,33H,8,11,13-18H2,1-5H3/t19?,23-/m1/s1. The Balaban J connectivity index is 1.34. The average molecular weight is 540 g/mol. The fourth-order valence-electron chi connectivity index (χ4n) is 6.25. The van der Waals surface area contributed by atoms with Gasteiger partial charge in [-0.3, -0.25) is 19.5 Å². The molecule has 2 saturated heterocycles. The molecule has 1 N–H and O–H groups in total. The Labute approximate surface area is 229 Å². The van der Waals surface area contributed by atoms with E-state index in [9.17, 15) is 18.4 Å².